The van der Waals surface area contributed by atoms with E-state index < -0.39 is 0 Å². The number of hydrogen-bond acceptors (Lipinski definition) is 6. The first-order chi connectivity index (χ1) is 12.4. The number of anilines is 1. The molecule has 0 spiro atoms. The molecule has 0 amide bonds. The second kappa shape index (κ2) is 5.93. The molecule has 1 saturated carbocycles. The van der Waals surface area contributed by atoms with Gasteiger partial charge >= 0.3 is 0 Å². The number of rotatable bonds is 3. The summed E-state index contributed by atoms with van der Waals surface area (Å²) in [4.78, 5) is 19.7. The SMILES string of the molecule is c1coc(C2=NC(c3cncs3)C(=NC3CC3)Nc3ncccc32)c1. The number of amidine groups is 1. The van der Waals surface area contributed by atoms with Crippen LogP contribution in [0.2, 0.25) is 0 Å². The molecule has 6 nitrogen and oxygen atoms in total. The topological polar surface area (TPSA) is 75.7 Å². The van der Waals surface area contributed by atoms with Crippen molar-refractivity contribution in [3.63, 3.8) is 0 Å². The predicted octanol–water partition coefficient (Wildman–Crippen LogP) is 3.70. The molecule has 1 N–H and O–H groups in total. The van der Waals surface area contributed by atoms with Gasteiger partial charge in [0.25, 0.3) is 0 Å². The van der Waals surface area contributed by atoms with Gasteiger partial charge in [0, 0.05) is 18.0 Å². The Labute approximate surface area is 148 Å². The van der Waals surface area contributed by atoms with Crippen LogP contribution in [0.1, 0.15) is 35.1 Å². The Hall–Kier alpha value is -2.80. The van der Waals surface area contributed by atoms with Gasteiger partial charge in [-0.15, -0.1) is 11.3 Å². The average Bonchev–Trinajstić information content (AvgIpc) is 3.11. The molecule has 3 aromatic rings. The number of nitrogens with one attached hydrogen (secondary N) is 1. The number of pyridine rings is 1. The van der Waals surface area contributed by atoms with Gasteiger partial charge in [0.15, 0.2) is 5.76 Å². The van der Waals surface area contributed by atoms with Crippen molar-refractivity contribution in [3.05, 3.63) is 64.6 Å². The molecular formula is C18H15N5OS. The molecule has 0 radical (unpaired) electrons. The van der Waals surface area contributed by atoms with E-state index in [1.807, 2.05) is 36.0 Å². The third-order valence-electron chi connectivity index (χ3n) is 4.17. The molecule has 25 heavy (non-hydrogen) atoms. The van der Waals surface area contributed by atoms with Crippen molar-refractivity contribution in [3.8, 4) is 0 Å². The molecule has 124 valence electrons. The van der Waals surface area contributed by atoms with E-state index in [-0.39, 0.29) is 6.04 Å². The van der Waals surface area contributed by atoms with Gasteiger partial charge in [0.1, 0.15) is 23.4 Å². The van der Waals surface area contributed by atoms with Crippen LogP contribution in [0.3, 0.4) is 0 Å². The van der Waals surface area contributed by atoms with Crippen molar-refractivity contribution in [2.75, 3.05) is 5.32 Å². The number of aromatic nitrogens is 2. The summed E-state index contributed by atoms with van der Waals surface area (Å²) in [5.74, 6) is 2.30. The Morgan fingerprint density at radius 3 is 2.96 bits per heavy atom. The van der Waals surface area contributed by atoms with Crippen molar-refractivity contribution < 1.29 is 4.42 Å². The summed E-state index contributed by atoms with van der Waals surface area (Å²) in [6.07, 6.45) is 7.54. The number of thiazole rings is 1. The maximum Gasteiger partial charge on any atom is 0.152 e. The fourth-order valence-electron chi connectivity index (χ4n) is 2.82. The zero-order valence-corrected chi connectivity index (χ0v) is 14.1. The van der Waals surface area contributed by atoms with Gasteiger partial charge < -0.3 is 9.73 Å². The van der Waals surface area contributed by atoms with Crippen molar-refractivity contribution in [1.82, 2.24) is 9.97 Å². The van der Waals surface area contributed by atoms with E-state index in [2.05, 4.69) is 15.3 Å². The van der Waals surface area contributed by atoms with E-state index in [0.29, 0.717) is 6.04 Å². The third-order valence-corrected chi connectivity index (χ3v) is 5.00. The molecule has 4 heterocycles. The number of hydrogen-bond donors (Lipinski definition) is 1. The lowest BCUT2D eigenvalue weighted by molar-refractivity contribution is 0.557. The van der Waals surface area contributed by atoms with Gasteiger partial charge in [-0.05, 0) is 37.1 Å². The van der Waals surface area contributed by atoms with E-state index in [4.69, 9.17) is 14.4 Å². The maximum absolute atomic E-state index is 5.64. The van der Waals surface area contributed by atoms with Crippen LogP contribution in [0.5, 0.6) is 0 Å². The molecule has 1 aliphatic heterocycles. The van der Waals surface area contributed by atoms with E-state index in [0.717, 1.165) is 46.4 Å². The van der Waals surface area contributed by atoms with Crippen molar-refractivity contribution in [2.45, 2.75) is 24.9 Å². The summed E-state index contributed by atoms with van der Waals surface area (Å²) in [5, 5.41) is 3.42. The lowest BCUT2D eigenvalue weighted by atomic mass is 10.1. The molecule has 1 unspecified atom stereocenters. The van der Waals surface area contributed by atoms with Gasteiger partial charge in [-0.25, -0.2) is 4.98 Å². The highest BCUT2D eigenvalue weighted by Crippen LogP contribution is 2.33. The van der Waals surface area contributed by atoms with Crippen LogP contribution < -0.4 is 5.32 Å². The standard InChI is InChI=1S/C18H15N5OS/c1-3-12-15(13-4-2-8-24-13)22-16(14-9-19-10-25-14)18(21-11-5-6-11)23-17(12)20-7-1/h1-4,7-11,16H,5-6H2,(H,20,21,23). The number of furan rings is 1. The van der Waals surface area contributed by atoms with E-state index in [1.165, 1.54) is 0 Å². The summed E-state index contributed by atoms with van der Waals surface area (Å²) in [5.41, 5.74) is 3.51. The van der Waals surface area contributed by atoms with E-state index in [1.54, 1.807) is 23.8 Å². The van der Waals surface area contributed by atoms with Crippen LogP contribution in [-0.4, -0.2) is 27.6 Å². The maximum atomic E-state index is 5.64. The largest absolute Gasteiger partial charge is 0.463 e. The van der Waals surface area contributed by atoms with E-state index in [9.17, 15) is 0 Å². The minimum atomic E-state index is -0.234. The molecule has 1 fully saturated rings. The van der Waals surface area contributed by atoms with Crippen LogP contribution in [0, 0.1) is 0 Å². The first-order valence-corrected chi connectivity index (χ1v) is 9.06. The van der Waals surface area contributed by atoms with Crippen LogP contribution in [-0.2, 0) is 0 Å². The quantitative estimate of drug-likeness (QED) is 0.782. The molecular weight excluding hydrogens is 334 g/mol. The zero-order valence-electron chi connectivity index (χ0n) is 13.3. The van der Waals surface area contributed by atoms with Gasteiger partial charge in [0.05, 0.1) is 22.7 Å². The Balaban J connectivity index is 1.72. The summed E-state index contributed by atoms with van der Waals surface area (Å²) >= 11 is 1.58. The van der Waals surface area contributed by atoms with Crippen molar-refractivity contribution in [2.24, 2.45) is 9.98 Å². The van der Waals surface area contributed by atoms with Crippen LogP contribution >= 0.6 is 11.3 Å². The highest BCUT2D eigenvalue weighted by atomic mass is 32.1. The Kier molecular flexibility index (Phi) is 3.45. The van der Waals surface area contributed by atoms with Gasteiger partial charge in [-0.3, -0.25) is 15.0 Å². The molecule has 0 aromatic carbocycles. The lowest BCUT2D eigenvalue weighted by Crippen LogP contribution is -2.20. The molecule has 2 aliphatic rings. The number of aliphatic imine (C=N–C) groups is 2. The second-order valence-corrected chi connectivity index (χ2v) is 6.95. The Morgan fingerprint density at radius 1 is 1.24 bits per heavy atom. The first kappa shape index (κ1) is 14.5. The van der Waals surface area contributed by atoms with Gasteiger partial charge in [-0.2, -0.15) is 0 Å². The Morgan fingerprint density at radius 2 is 2.20 bits per heavy atom. The molecule has 0 bridgehead atoms. The fraction of sp³-hybridized carbons (Fsp3) is 0.222. The van der Waals surface area contributed by atoms with Gasteiger partial charge in [-0.1, -0.05) is 0 Å². The molecule has 7 heteroatoms. The first-order valence-electron chi connectivity index (χ1n) is 8.18. The summed E-state index contributed by atoms with van der Waals surface area (Å²) in [6.45, 7) is 0. The van der Waals surface area contributed by atoms with Crippen LogP contribution in [0.4, 0.5) is 5.82 Å². The van der Waals surface area contributed by atoms with Crippen molar-refractivity contribution in [1.29, 1.82) is 0 Å². The highest BCUT2D eigenvalue weighted by Gasteiger charge is 2.30. The normalized spacial score (nSPS) is 21.4. The second-order valence-electron chi connectivity index (χ2n) is 6.03. The van der Waals surface area contributed by atoms with E-state index >= 15 is 0 Å². The zero-order chi connectivity index (χ0) is 16.6. The van der Waals surface area contributed by atoms with Crippen molar-refractivity contribution >= 4 is 28.7 Å². The lowest BCUT2D eigenvalue weighted by Gasteiger charge is -2.13. The fourth-order valence-corrected chi connectivity index (χ4v) is 3.48. The molecule has 0 saturated heterocycles. The Bertz CT molecular complexity index is 942. The molecule has 1 aliphatic carbocycles. The summed E-state index contributed by atoms with van der Waals surface area (Å²) < 4.78 is 5.64. The number of fused-ring (bicyclic) bond motifs is 1. The third kappa shape index (κ3) is 2.76. The minimum absolute atomic E-state index is 0.234. The van der Waals surface area contributed by atoms with Crippen LogP contribution in [0.25, 0.3) is 0 Å². The predicted molar refractivity (Wildman–Crippen MR) is 97.5 cm³/mol. The van der Waals surface area contributed by atoms with Crippen LogP contribution in [0.15, 0.2) is 62.8 Å². The monoisotopic (exact) mass is 349 g/mol. The number of nitrogens with zero attached hydrogens (tertiary/aromatic N) is 4. The molecule has 1 atom stereocenters. The smallest absolute Gasteiger partial charge is 0.152 e. The highest BCUT2D eigenvalue weighted by molar-refractivity contribution is 7.09. The summed E-state index contributed by atoms with van der Waals surface area (Å²) in [6, 6.07) is 7.84. The van der Waals surface area contributed by atoms with Gasteiger partial charge in [0.2, 0.25) is 0 Å². The molecule has 5 rings (SSSR count). The average molecular weight is 349 g/mol. The summed E-state index contributed by atoms with van der Waals surface area (Å²) in [7, 11) is 0. The minimum Gasteiger partial charge on any atom is -0.463 e. The molecule has 3 aromatic heterocycles.